The number of aliphatic hydroxyl groups excluding tert-OH is 1. The lowest BCUT2D eigenvalue weighted by Gasteiger charge is -2.17. The van der Waals surface area contributed by atoms with E-state index < -0.39 is 0 Å². The van der Waals surface area contributed by atoms with Gasteiger partial charge in [-0.15, -0.1) is 5.10 Å². The van der Waals surface area contributed by atoms with Crippen molar-refractivity contribution in [2.45, 2.75) is 18.8 Å². The predicted molar refractivity (Wildman–Crippen MR) is 74.3 cm³/mol. The Labute approximate surface area is 114 Å². The van der Waals surface area contributed by atoms with Crippen molar-refractivity contribution < 1.29 is 5.11 Å². The fourth-order valence-corrected chi connectivity index (χ4v) is 3.09. The summed E-state index contributed by atoms with van der Waals surface area (Å²) in [5, 5.41) is 18.0. The van der Waals surface area contributed by atoms with Gasteiger partial charge in [-0.2, -0.15) is 5.10 Å². The van der Waals surface area contributed by atoms with Crippen LogP contribution in [-0.4, -0.2) is 60.0 Å². The standard InChI is InChI=1S/C14H22N4O/c1-17-6-5-12(9-17)13-2-3-14(16-15-13)18-7-4-11(8-18)10-19/h2-3,11-12,19H,4-10H2,1H3. The molecule has 2 aliphatic heterocycles. The Bertz CT molecular complexity index is 422. The van der Waals surface area contributed by atoms with Crippen molar-refractivity contribution in [1.29, 1.82) is 0 Å². The van der Waals surface area contributed by atoms with E-state index in [-0.39, 0.29) is 6.61 Å². The molecule has 0 spiro atoms. The van der Waals surface area contributed by atoms with Crippen LogP contribution in [0.4, 0.5) is 5.82 Å². The second-order valence-electron chi connectivity index (χ2n) is 5.85. The Kier molecular flexibility index (Phi) is 3.66. The lowest BCUT2D eigenvalue weighted by Crippen LogP contribution is -2.22. The van der Waals surface area contributed by atoms with Crippen LogP contribution < -0.4 is 4.90 Å². The van der Waals surface area contributed by atoms with Crippen LogP contribution in [0.25, 0.3) is 0 Å². The van der Waals surface area contributed by atoms with Gasteiger partial charge in [0.2, 0.25) is 0 Å². The quantitative estimate of drug-likeness (QED) is 0.869. The number of rotatable bonds is 3. The average Bonchev–Trinajstić information content (AvgIpc) is 3.07. The van der Waals surface area contributed by atoms with E-state index in [2.05, 4.69) is 39.2 Å². The zero-order chi connectivity index (χ0) is 13.2. The maximum absolute atomic E-state index is 9.18. The molecule has 104 valence electrons. The molecule has 19 heavy (non-hydrogen) atoms. The fraction of sp³-hybridized carbons (Fsp3) is 0.714. The topological polar surface area (TPSA) is 52.5 Å². The molecule has 0 saturated carbocycles. The van der Waals surface area contributed by atoms with Crippen LogP contribution in [-0.2, 0) is 0 Å². The van der Waals surface area contributed by atoms with E-state index in [1.54, 1.807) is 0 Å². The van der Waals surface area contributed by atoms with Crippen molar-refractivity contribution in [1.82, 2.24) is 15.1 Å². The van der Waals surface area contributed by atoms with Crippen LogP contribution >= 0.6 is 0 Å². The molecule has 0 aromatic carbocycles. The summed E-state index contributed by atoms with van der Waals surface area (Å²) in [5.41, 5.74) is 1.12. The van der Waals surface area contributed by atoms with Crippen molar-refractivity contribution in [2.24, 2.45) is 5.92 Å². The van der Waals surface area contributed by atoms with Crippen LogP contribution in [0.5, 0.6) is 0 Å². The zero-order valence-electron chi connectivity index (χ0n) is 11.5. The molecule has 5 nitrogen and oxygen atoms in total. The smallest absolute Gasteiger partial charge is 0.151 e. The van der Waals surface area contributed by atoms with Gasteiger partial charge in [0.05, 0.1) is 5.69 Å². The largest absolute Gasteiger partial charge is 0.396 e. The third-order valence-corrected chi connectivity index (χ3v) is 4.35. The first kappa shape index (κ1) is 12.8. The van der Waals surface area contributed by atoms with Gasteiger partial charge in [-0.05, 0) is 38.6 Å². The van der Waals surface area contributed by atoms with E-state index >= 15 is 0 Å². The van der Waals surface area contributed by atoms with Crippen molar-refractivity contribution >= 4 is 5.82 Å². The number of hydrogen-bond acceptors (Lipinski definition) is 5. The molecule has 0 radical (unpaired) electrons. The van der Waals surface area contributed by atoms with Crippen molar-refractivity contribution in [2.75, 3.05) is 44.7 Å². The van der Waals surface area contributed by atoms with E-state index in [4.69, 9.17) is 0 Å². The Morgan fingerprint density at radius 1 is 1.21 bits per heavy atom. The molecule has 1 aromatic rings. The molecule has 5 heteroatoms. The van der Waals surface area contributed by atoms with Gasteiger partial charge in [-0.1, -0.05) is 0 Å². The van der Waals surface area contributed by atoms with Crippen LogP contribution in [0.15, 0.2) is 12.1 Å². The summed E-state index contributed by atoms with van der Waals surface area (Å²) in [4.78, 5) is 4.56. The van der Waals surface area contributed by atoms with Gasteiger partial charge in [0.25, 0.3) is 0 Å². The monoisotopic (exact) mass is 262 g/mol. The molecule has 1 N–H and O–H groups in total. The first-order valence-corrected chi connectivity index (χ1v) is 7.14. The fourth-order valence-electron chi connectivity index (χ4n) is 3.09. The second-order valence-corrected chi connectivity index (χ2v) is 5.85. The molecule has 2 atom stereocenters. The van der Waals surface area contributed by atoms with Gasteiger partial charge in [-0.25, -0.2) is 0 Å². The molecule has 2 aliphatic rings. The molecular weight excluding hydrogens is 240 g/mol. The molecule has 3 rings (SSSR count). The van der Waals surface area contributed by atoms with E-state index in [9.17, 15) is 5.11 Å². The lowest BCUT2D eigenvalue weighted by molar-refractivity contribution is 0.238. The third-order valence-electron chi connectivity index (χ3n) is 4.35. The predicted octanol–water partition coefficient (Wildman–Crippen LogP) is 0.714. The Balaban J connectivity index is 1.66. The SMILES string of the molecule is CN1CCC(c2ccc(N3CCC(CO)C3)nn2)C1. The minimum atomic E-state index is 0.274. The van der Waals surface area contributed by atoms with E-state index in [1.807, 2.05) is 0 Å². The lowest BCUT2D eigenvalue weighted by atomic mass is 10.1. The summed E-state index contributed by atoms with van der Waals surface area (Å²) in [6.07, 6.45) is 2.23. The van der Waals surface area contributed by atoms with E-state index in [1.165, 1.54) is 6.42 Å². The molecule has 0 bridgehead atoms. The van der Waals surface area contributed by atoms with Crippen LogP contribution in [0.1, 0.15) is 24.5 Å². The minimum Gasteiger partial charge on any atom is -0.396 e. The van der Waals surface area contributed by atoms with Crippen molar-refractivity contribution in [3.63, 3.8) is 0 Å². The first-order valence-electron chi connectivity index (χ1n) is 7.14. The third kappa shape index (κ3) is 2.72. The summed E-state index contributed by atoms with van der Waals surface area (Å²) in [6.45, 7) is 4.39. The molecule has 2 fully saturated rings. The number of aliphatic hydroxyl groups is 1. The van der Waals surface area contributed by atoms with Gasteiger partial charge in [0, 0.05) is 38.1 Å². The molecule has 0 aliphatic carbocycles. The summed E-state index contributed by atoms with van der Waals surface area (Å²) >= 11 is 0. The highest BCUT2D eigenvalue weighted by molar-refractivity contribution is 5.39. The molecule has 3 heterocycles. The van der Waals surface area contributed by atoms with Crippen molar-refractivity contribution in [3.05, 3.63) is 17.8 Å². The molecule has 2 unspecified atom stereocenters. The van der Waals surface area contributed by atoms with Crippen molar-refractivity contribution in [3.8, 4) is 0 Å². The van der Waals surface area contributed by atoms with Gasteiger partial charge < -0.3 is 14.9 Å². The Morgan fingerprint density at radius 3 is 2.68 bits per heavy atom. The number of anilines is 1. The first-order chi connectivity index (χ1) is 9.26. The van der Waals surface area contributed by atoms with Crippen LogP contribution in [0, 0.1) is 5.92 Å². The van der Waals surface area contributed by atoms with Gasteiger partial charge in [0.1, 0.15) is 0 Å². The molecule has 2 saturated heterocycles. The van der Waals surface area contributed by atoms with E-state index in [0.29, 0.717) is 11.8 Å². The molecular formula is C14H22N4O. The number of likely N-dealkylation sites (tertiary alicyclic amines) is 1. The maximum atomic E-state index is 9.18. The van der Waals surface area contributed by atoms with Gasteiger partial charge in [-0.3, -0.25) is 0 Å². The number of aromatic nitrogens is 2. The maximum Gasteiger partial charge on any atom is 0.151 e. The number of hydrogen-bond donors (Lipinski definition) is 1. The van der Waals surface area contributed by atoms with Crippen LogP contribution in [0.3, 0.4) is 0 Å². The van der Waals surface area contributed by atoms with Gasteiger partial charge >= 0.3 is 0 Å². The van der Waals surface area contributed by atoms with Gasteiger partial charge in [0.15, 0.2) is 5.82 Å². The zero-order valence-corrected chi connectivity index (χ0v) is 11.5. The number of nitrogens with zero attached hydrogens (tertiary/aromatic N) is 4. The molecule has 1 aromatic heterocycles. The highest BCUT2D eigenvalue weighted by Gasteiger charge is 2.25. The second kappa shape index (κ2) is 5.43. The van der Waals surface area contributed by atoms with Crippen LogP contribution in [0.2, 0.25) is 0 Å². The molecule has 0 amide bonds. The summed E-state index contributed by atoms with van der Waals surface area (Å²) in [6, 6.07) is 4.21. The highest BCUT2D eigenvalue weighted by atomic mass is 16.3. The summed E-state index contributed by atoms with van der Waals surface area (Å²) < 4.78 is 0. The average molecular weight is 262 g/mol. The normalized spacial score (nSPS) is 28.2. The minimum absolute atomic E-state index is 0.274. The number of likely N-dealkylation sites (N-methyl/N-ethyl adjacent to an activating group) is 1. The summed E-state index contributed by atoms with van der Waals surface area (Å²) in [7, 11) is 2.15. The Morgan fingerprint density at radius 2 is 2.11 bits per heavy atom. The van der Waals surface area contributed by atoms with E-state index in [0.717, 1.165) is 44.1 Å². The Hall–Kier alpha value is -1.20. The highest BCUT2D eigenvalue weighted by Crippen LogP contribution is 2.26. The summed E-state index contributed by atoms with van der Waals surface area (Å²) in [5.74, 6) is 1.88.